The van der Waals surface area contributed by atoms with Crippen molar-refractivity contribution in [2.45, 2.75) is 13.2 Å². The molecule has 0 bridgehead atoms. The molecule has 0 amide bonds. The van der Waals surface area contributed by atoms with E-state index in [1.807, 2.05) is 0 Å². The van der Waals surface area contributed by atoms with E-state index in [0.29, 0.717) is 5.06 Å². The Labute approximate surface area is 52.1 Å². The van der Waals surface area contributed by atoms with Gasteiger partial charge in [-0.3, -0.25) is 0 Å². The Morgan fingerprint density at radius 2 is 2.22 bits per heavy atom. The summed E-state index contributed by atoms with van der Waals surface area (Å²) in [6.07, 6.45) is -1.81. The van der Waals surface area contributed by atoms with Gasteiger partial charge in [0.2, 0.25) is 6.23 Å². The van der Waals surface area contributed by atoms with Crippen molar-refractivity contribution in [2.75, 3.05) is 6.54 Å². The first-order valence-corrected chi connectivity index (χ1v) is 2.46. The molecule has 0 saturated heterocycles. The number of hydrogen-bond acceptors (Lipinski definition) is 4. The molecule has 0 saturated carbocycles. The fourth-order valence-electron chi connectivity index (χ4n) is 0.300. The normalized spacial score (nSPS) is 13.8. The predicted molar refractivity (Wildman–Crippen MR) is 27.8 cm³/mol. The second-order valence-corrected chi connectivity index (χ2v) is 1.47. The number of hydroxylamine groups is 2. The fraction of sp³-hybridized carbons (Fsp3) is 0.750. The zero-order chi connectivity index (χ0) is 7.44. The predicted octanol–water partition coefficient (Wildman–Crippen LogP) is -0.900. The lowest BCUT2D eigenvalue weighted by molar-refractivity contribution is -0.209. The molecule has 0 aliphatic carbocycles. The highest BCUT2D eigenvalue weighted by Crippen LogP contribution is 1.88. The van der Waals surface area contributed by atoms with Crippen LogP contribution in [0.4, 0.5) is 0 Å². The maximum Gasteiger partial charge on any atom is 0.350 e. The Bertz CT molecular complexity index is 105. The van der Waals surface area contributed by atoms with Crippen molar-refractivity contribution in [3.63, 3.8) is 0 Å². The van der Waals surface area contributed by atoms with Gasteiger partial charge < -0.3 is 15.4 Å². The molecule has 1 atom stereocenters. The molecule has 0 spiro atoms. The highest BCUT2D eigenvalue weighted by atomic mass is 16.5. The van der Waals surface area contributed by atoms with Crippen molar-refractivity contribution in [2.24, 2.45) is 0 Å². The van der Waals surface area contributed by atoms with Gasteiger partial charge in [0, 0.05) is 6.54 Å². The summed E-state index contributed by atoms with van der Waals surface area (Å²) in [5, 5.41) is 25.3. The molecule has 0 aromatic rings. The van der Waals surface area contributed by atoms with Crippen molar-refractivity contribution in [1.29, 1.82) is 0 Å². The second kappa shape index (κ2) is 3.39. The SMILES string of the molecule is CCN(O)[C@@H](O)C(=O)O. The van der Waals surface area contributed by atoms with Crippen molar-refractivity contribution in [3.8, 4) is 0 Å². The van der Waals surface area contributed by atoms with Gasteiger partial charge in [0.1, 0.15) is 0 Å². The Morgan fingerprint density at radius 3 is 2.33 bits per heavy atom. The van der Waals surface area contributed by atoms with E-state index in [2.05, 4.69) is 0 Å². The molecule has 54 valence electrons. The number of rotatable bonds is 3. The Hall–Kier alpha value is -0.650. The number of carbonyl (C=O) groups is 1. The molecule has 0 unspecified atom stereocenters. The van der Waals surface area contributed by atoms with Gasteiger partial charge in [0.05, 0.1) is 0 Å². The minimum Gasteiger partial charge on any atom is -0.478 e. The Kier molecular flexibility index (Phi) is 3.15. The molecule has 0 aromatic heterocycles. The van der Waals surface area contributed by atoms with Crippen LogP contribution in [0.3, 0.4) is 0 Å². The van der Waals surface area contributed by atoms with E-state index >= 15 is 0 Å². The lowest BCUT2D eigenvalue weighted by Gasteiger charge is -2.14. The first-order chi connectivity index (χ1) is 4.09. The van der Waals surface area contributed by atoms with Crippen LogP contribution in [0.15, 0.2) is 0 Å². The number of carboxylic acid groups (broad SMARTS) is 1. The third kappa shape index (κ3) is 2.41. The quantitative estimate of drug-likeness (QED) is 0.345. The summed E-state index contributed by atoms with van der Waals surface area (Å²) in [6.45, 7) is 1.60. The number of likely N-dealkylation sites (N-methyl/N-ethyl adjacent to an activating group) is 1. The molecule has 9 heavy (non-hydrogen) atoms. The van der Waals surface area contributed by atoms with E-state index in [4.69, 9.17) is 15.4 Å². The summed E-state index contributed by atoms with van der Waals surface area (Å²) >= 11 is 0. The fourth-order valence-corrected chi connectivity index (χ4v) is 0.300. The summed E-state index contributed by atoms with van der Waals surface area (Å²) in [4.78, 5) is 9.85. The van der Waals surface area contributed by atoms with E-state index in [1.165, 1.54) is 6.92 Å². The smallest absolute Gasteiger partial charge is 0.350 e. The van der Waals surface area contributed by atoms with Crippen LogP contribution in [0, 0.1) is 0 Å². The van der Waals surface area contributed by atoms with E-state index in [0.717, 1.165) is 0 Å². The van der Waals surface area contributed by atoms with Crippen molar-refractivity contribution in [1.82, 2.24) is 5.06 Å². The van der Waals surface area contributed by atoms with Crippen molar-refractivity contribution >= 4 is 5.97 Å². The first kappa shape index (κ1) is 8.35. The third-order valence-electron chi connectivity index (χ3n) is 0.827. The molecule has 0 aliphatic rings. The lowest BCUT2D eigenvalue weighted by Crippen LogP contribution is -2.38. The maximum absolute atomic E-state index is 9.85. The van der Waals surface area contributed by atoms with Gasteiger partial charge in [-0.05, 0) is 6.92 Å². The van der Waals surface area contributed by atoms with E-state index in [1.54, 1.807) is 0 Å². The van der Waals surface area contributed by atoms with Gasteiger partial charge in [-0.1, -0.05) is 0 Å². The number of nitrogens with zero attached hydrogens (tertiary/aromatic N) is 1. The van der Waals surface area contributed by atoms with Crippen LogP contribution >= 0.6 is 0 Å². The molecular weight excluding hydrogens is 126 g/mol. The molecule has 0 aliphatic heterocycles. The largest absolute Gasteiger partial charge is 0.478 e. The molecule has 0 aromatic carbocycles. The average molecular weight is 135 g/mol. The number of carboxylic acids is 1. The zero-order valence-electron chi connectivity index (χ0n) is 4.98. The summed E-state index contributed by atoms with van der Waals surface area (Å²) in [5.41, 5.74) is 0. The van der Waals surface area contributed by atoms with Gasteiger partial charge in [-0.15, -0.1) is 0 Å². The van der Waals surface area contributed by atoms with Gasteiger partial charge in [0.25, 0.3) is 0 Å². The van der Waals surface area contributed by atoms with Crippen LogP contribution < -0.4 is 0 Å². The topological polar surface area (TPSA) is 81.0 Å². The van der Waals surface area contributed by atoms with Crippen LogP contribution in [-0.4, -0.2) is 39.2 Å². The first-order valence-electron chi connectivity index (χ1n) is 2.46. The molecule has 5 heteroatoms. The summed E-state index contributed by atoms with van der Waals surface area (Å²) < 4.78 is 0. The van der Waals surface area contributed by atoms with Gasteiger partial charge in [-0.2, -0.15) is 5.06 Å². The molecule has 0 fully saturated rings. The van der Waals surface area contributed by atoms with Crippen LogP contribution in [-0.2, 0) is 4.79 Å². The standard InChI is InChI=1S/C4H9NO4/c1-2-5(9)3(6)4(7)8/h3,6,9H,2H2,1H3,(H,7,8)/t3-/m0/s1. The molecule has 0 rings (SSSR count). The minimum atomic E-state index is -1.81. The molecule has 5 nitrogen and oxygen atoms in total. The molecule has 3 N–H and O–H groups in total. The lowest BCUT2D eigenvalue weighted by atomic mass is 10.5. The van der Waals surface area contributed by atoms with Crippen LogP contribution in [0.25, 0.3) is 0 Å². The summed E-state index contributed by atoms with van der Waals surface area (Å²) in [7, 11) is 0. The monoisotopic (exact) mass is 135 g/mol. The number of aliphatic hydroxyl groups is 1. The van der Waals surface area contributed by atoms with Crippen LogP contribution in [0.1, 0.15) is 6.92 Å². The molecule has 0 heterocycles. The number of aliphatic hydroxyl groups excluding tert-OH is 1. The average Bonchev–Trinajstić information content (AvgIpc) is 1.84. The van der Waals surface area contributed by atoms with Crippen molar-refractivity contribution in [3.05, 3.63) is 0 Å². The van der Waals surface area contributed by atoms with Crippen LogP contribution in [0.5, 0.6) is 0 Å². The zero-order valence-corrected chi connectivity index (χ0v) is 4.98. The van der Waals surface area contributed by atoms with E-state index in [9.17, 15) is 4.79 Å². The number of aliphatic carboxylic acids is 1. The van der Waals surface area contributed by atoms with E-state index < -0.39 is 12.2 Å². The molecule has 0 radical (unpaired) electrons. The highest BCUT2D eigenvalue weighted by Gasteiger charge is 2.18. The van der Waals surface area contributed by atoms with Gasteiger partial charge in [-0.25, -0.2) is 4.79 Å². The highest BCUT2D eigenvalue weighted by molar-refractivity contribution is 5.71. The minimum absolute atomic E-state index is 0.0769. The third-order valence-corrected chi connectivity index (χ3v) is 0.827. The second-order valence-electron chi connectivity index (χ2n) is 1.47. The Morgan fingerprint density at radius 1 is 1.78 bits per heavy atom. The Balaban J connectivity index is 3.72. The maximum atomic E-state index is 9.85. The van der Waals surface area contributed by atoms with Gasteiger partial charge >= 0.3 is 5.97 Å². The summed E-state index contributed by atoms with van der Waals surface area (Å²) in [5.74, 6) is -1.46. The molecular formula is C4H9NO4. The number of hydrogen-bond donors (Lipinski definition) is 3. The van der Waals surface area contributed by atoms with E-state index in [-0.39, 0.29) is 6.54 Å². The van der Waals surface area contributed by atoms with Crippen LogP contribution in [0.2, 0.25) is 0 Å². The van der Waals surface area contributed by atoms with Crippen molar-refractivity contribution < 1.29 is 20.2 Å². The summed E-state index contributed by atoms with van der Waals surface area (Å²) in [6, 6.07) is 0. The van der Waals surface area contributed by atoms with Gasteiger partial charge in [0.15, 0.2) is 0 Å².